The third kappa shape index (κ3) is 6.03. The molecular formula is C17H21N3S2. The first kappa shape index (κ1) is 16.8. The van der Waals surface area contributed by atoms with Gasteiger partial charge in [-0.15, -0.1) is 0 Å². The molecule has 1 aromatic heterocycles. The van der Waals surface area contributed by atoms with Crippen LogP contribution in [0.2, 0.25) is 0 Å². The molecule has 2 N–H and O–H groups in total. The quantitative estimate of drug-likeness (QED) is 0.592. The molecule has 0 radical (unpaired) electrons. The Bertz CT molecular complexity index is 587. The van der Waals surface area contributed by atoms with Gasteiger partial charge in [-0.25, -0.2) is 0 Å². The topological polar surface area (TPSA) is 37.0 Å². The fourth-order valence-electron chi connectivity index (χ4n) is 1.94. The lowest BCUT2D eigenvalue weighted by atomic mass is 10.1. The zero-order valence-corrected chi connectivity index (χ0v) is 14.3. The van der Waals surface area contributed by atoms with E-state index in [-0.39, 0.29) is 0 Å². The van der Waals surface area contributed by atoms with Gasteiger partial charge in [0.05, 0.1) is 0 Å². The predicted octanol–water partition coefficient (Wildman–Crippen LogP) is 4.00. The van der Waals surface area contributed by atoms with Crippen LogP contribution >= 0.6 is 24.0 Å². The number of nitrogens with zero attached hydrogens (tertiary/aromatic N) is 1. The van der Waals surface area contributed by atoms with Crippen LogP contribution in [-0.2, 0) is 5.75 Å². The Morgan fingerprint density at radius 1 is 1.18 bits per heavy atom. The lowest BCUT2D eigenvalue weighted by Gasteiger charge is -2.10. The van der Waals surface area contributed by atoms with Crippen molar-refractivity contribution in [2.45, 2.75) is 19.1 Å². The second kappa shape index (κ2) is 9.43. The van der Waals surface area contributed by atoms with Gasteiger partial charge in [0.25, 0.3) is 0 Å². The summed E-state index contributed by atoms with van der Waals surface area (Å²) < 4.78 is 0. The molecule has 0 aliphatic rings. The molecule has 2 aromatic rings. The molecule has 116 valence electrons. The van der Waals surface area contributed by atoms with Crippen LogP contribution in [0, 0.1) is 6.92 Å². The summed E-state index contributed by atoms with van der Waals surface area (Å²) in [6.45, 7) is 3.05. The van der Waals surface area contributed by atoms with Crippen LogP contribution in [0.25, 0.3) is 0 Å². The van der Waals surface area contributed by atoms with Gasteiger partial charge in [-0.3, -0.25) is 4.98 Å². The van der Waals surface area contributed by atoms with Gasteiger partial charge in [0.15, 0.2) is 5.11 Å². The van der Waals surface area contributed by atoms with Crippen molar-refractivity contribution < 1.29 is 0 Å². The molecule has 1 heterocycles. The number of benzene rings is 1. The summed E-state index contributed by atoms with van der Waals surface area (Å²) in [5.41, 5.74) is 3.76. The summed E-state index contributed by atoms with van der Waals surface area (Å²) in [6.07, 6.45) is 4.58. The number of aromatic nitrogens is 1. The lowest BCUT2D eigenvalue weighted by molar-refractivity contribution is 0.854. The molecule has 0 aliphatic heterocycles. The molecule has 0 atom stereocenters. The van der Waals surface area contributed by atoms with Gasteiger partial charge < -0.3 is 10.6 Å². The van der Waals surface area contributed by atoms with Gasteiger partial charge in [0.1, 0.15) is 0 Å². The maximum absolute atomic E-state index is 5.26. The predicted molar refractivity (Wildman–Crippen MR) is 100 cm³/mol. The number of aryl methyl sites for hydroxylation is 1. The van der Waals surface area contributed by atoms with E-state index in [1.807, 2.05) is 23.9 Å². The minimum Gasteiger partial charge on any atom is -0.362 e. The molecule has 0 aliphatic carbocycles. The van der Waals surface area contributed by atoms with Crippen LogP contribution in [0.4, 0.5) is 5.69 Å². The Hall–Kier alpha value is -1.59. The number of hydrogen-bond donors (Lipinski definition) is 2. The van der Waals surface area contributed by atoms with Gasteiger partial charge in [0, 0.05) is 30.4 Å². The van der Waals surface area contributed by atoms with Crippen molar-refractivity contribution in [3.8, 4) is 0 Å². The number of anilines is 1. The van der Waals surface area contributed by atoms with E-state index >= 15 is 0 Å². The van der Waals surface area contributed by atoms with Crippen molar-refractivity contribution in [3.05, 3.63) is 59.9 Å². The van der Waals surface area contributed by atoms with Crippen LogP contribution in [-0.4, -0.2) is 22.4 Å². The molecule has 0 unspecified atom stereocenters. The molecule has 0 spiro atoms. The Kier molecular flexibility index (Phi) is 7.19. The first-order valence-electron chi connectivity index (χ1n) is 7.33. The van der Waals surface area contributed by atoms with E-state index in [0.29, 0.717) is 5.11 Å². The zero-order valence-electron chi connectivity index (χ0n) is 12.7. The average molecular weight is 332 g/mol. The highest BCUT2D eigenvalue weighted by molar-refractivity contribution is 7.98. The second-order valence-corrected chi connectivity index (χ2v) is 6.46. The molecule has 0 amide bonds. The van der Waals surface area contributed by atoms with Crippen LogP contribution in [0.15, 0.2) is 48.8 Å². The van der Waals surface area contributed by atoms with Crippen LogP contribution in [0.5, 0.6) is 0 Å². The number of nitrogens with one attached hydrogen (secondary N) is 2. The second-order valence-electron chi connectivity index (χ2n) is 4.95. The van der Waals surface area contributed by atoms with Gasteiger partial charge in [0.2, 0.25) is 0 Å². The molecule has 5 heteroatoms. The van der Waals surface area contributed by atoms with E-state index in [4.69, 9.17) is 12.2 Å². The molecule has 22 heavy (non-hydrogen) atoms. The molecule has 0 bridgehead atoms. The van der Waals surface area contributed by atoms with Crippen molar-refractivity contribution in [2.24, 2.45) is 0 Å². The van der Waals surface area contributed by atoms with Crippen molar-refractivity contribution in [2.75, 3.05) is 17.6 Å². The number of thioether (sulfide) groups is 1. The van der Waals surface area contributed by atoms with Crippen LogP contribution in [0.1, 0.15) is 17.5 Å². The molecule has 0 saturated carbocycles. The van der Waals surface area contributed by atoms with Gasteiger partial charge in [-0.05, 0) is 54.6 Å². The van der Waals surface area contributed by atoms with Crippen molar-refractivity contribution >= 4 is 34.8 Å². The van der Waals surface area contributed by atoms with E-state index in [2.05, 4.69) is 46.8 Å². The third-order valence-corrected chi connectivity index (χ3v) is 4.55. The fourth-order valence-corrected chi connectivity index (χ4v) is 3.20. The normalized spacial score (nSPS) is 10.2. The minimum absolute atomic E-state index is 0.662. The fraction of sp³-hybridized carbons (Fsp3) is 0.294. The maximum Gasteiger partial charge on any atom is 0.170 e. The largest absolute Gasteiger partial charge is 0.362 e. The first-order valence-corrected chi connectivity index (χ1v) is 8.89. The third-order valence-electron chi connectivity index (χ3n) is 3.21. The monoisotopic (exact) mass is 331 g/mol. The van der Waals surface area contributed by atoms with E-state index < -0.39 is 0 Å². The van der Waals surface area contributed by atoms with Crippen molar-refractivity contribution in [1.29, 1.82) is 0 Å². The minimum atomic E-state index is 0.662. The lowest BCUT2D eigenvalue weighted by Crippen LogP contribution is -2.29. The highest BCUT2D eigenvalue weighted by Gasteiger charge is 1.99. The van der Waals surface area contributed by atoms with Crippen LogP contribution < -0.4 is 10.6 Å². The molecule has 1 aromatic carbocycles. The van der Waals surface area contributed by atoms with E-state index in [9.17, 15) is 0 Å². The standard InChI is InChI=1S/C17H21N3S2/c1-14-5-2-3-6-15(14)13-22-12-4-9-19-17(21)20-16-7-10-18-11-8-16/h2-3,5-8,10-11H,4,9,12-13H2,1H3,(H2,18,19,20,21). The Labute approximate surface area is 141 Å². The Morgan fingerprint density at radius 3 is 2.73 bits per heavy atom. The number of pyridine rings is 1. The molecule has 2 rings (SSSR count). The summed E-state index contributed by atoms with van der Waals surface area (Å²) in [6, 6.07) is 12.4. The Morgan fingerprint density at radius 2 is 1.95 bits per heavy atom. The van der Waals surface area contributed by atoms with Crippen molar-refractivity contribution in [1.82, 2.24) is 10.3 Å². The zero-order chi connectivity index (χ0) is 15.6. The smallest absolute Gasteiger partial charge is 0.170 e. The summed E-state index contributed by atoms with van der Waals surface area (Å²) in [5.74, 6) is 2.20. The molecule has 3 nitrogen and oxygen atoms in total. The summed E-state index contributed by atoms with van der Waals surface area (Å²) in [5, 5.41) is 7.03. The Balaban J connectivity index is 1.56. The number of hydrogen-bond acceptors (Lipinski definition) is 3. The van der Waals surface area contributed by atoms with Gasteiger partial charge in [-0.1, -0.05) is 24.3 Å². The van der Waals surface area contributed by atoms with Crippen molar-refractivity contribution in [3.63, 3.8) is 0 Å². The number of thiocarbonyl (C=S) groups is 1. The van der Waals surface area contributed by atoms with Gasteiger partial charge in [-0.2, -0.15) is 11.8 Å². The highest BCUT2D eigenvalue weighted by atomic mass is 32.2. The SMILES string of the molecule is Cc1ccccc1CSCCCNC(=S)Nc1ccncc1. The summed E-state index contributed by atoms with van der Waals surface area (Å²) in [7, 11) is 0. The molecule has 0 saturated heterocycles. The molecule has 0 fully saturated rings. The van der Waals surface area contributed by atoms with E-state index in [0.717, 1.165) is 30.2 Å². The summed E-state index contributed by atoms with van der Waals surface area (Å²) >= 11 is 7.22. The first-order chi connectivity index (χ1) is 10.8. The highest BCUT2D eigenvalue weighted by Crippen LogP contribution is 2.16. The van der Waals surface area contributed by atoms with E-state index in [1.54, 1.807) is 12.4 Å². The maximum atomic E-state index is 5.26. The van der Waals surface area contributed by atoms with E-state index in [1.165, 1.54) is 11.1 Å². The molecular weight excluding hydrogens is 310 g/mol. The van der Waals surface area contributed by atoms with Gasteiger partial charge >= 0.3 is 0 Å². The van der Waals surface area contributed by atoms with Crippen LogP contribution in [0.3, 0.4) is 0 Å². The average Bonchev–Trinajstić information content (AvgIpc) is 2.53. The summed E-state index contributed by atoms with van der Waals surface area (Å²) in [4.78, 5) is 3.97. The number of rotatable bonds is 7.